The first-order valence-electron chi connectivity index (χ1n) is 7.93. The largest absolute Gasteiger partial charge is 0.481 e. The van der Waals surface area contributed by atoms with Crippen molar-refractivity contribution in [3.05, 3.63) is 0 Å². The normalized spacial score (nSPS) is 37.0. The summed E-state index contributed by atoms with van der Waals surface area (Å²) < 4.78 is 28.7. The fraction of sp³-hybridized carbons (Fsp3) is 0.929. The van der Waals surface area contributed by atoms with Gasteiger partial charge in [0.15, 0.2) is 0 Å². The molecule has 0 aromatic carbocycles. The van der Waals surface area contributed by atoms with E-state index >= 15 is 0 Å². The number of nitrogens with zero attached hydrogens (tertiary/aromatic N) is 1. The van der Waals surface area contributed by atoms with Gasteiger partial charge >= 0.3 is 5.97 Å². The second-order valence-corrected chi connectivity index (χ2v) is 8.58. The number of aliphatic carboxylic acids is 1. The highest BCUT2D eigenvalue weighted by Crippen LogP contribution is 2.48. The van der Waals surface area contributed by atoms with E-state index in [0.717, 1.165) is 12.3 Å². The third-order valence-corrected chi connectivity index (χ3v) is 7.03. The van der Waals surface area contributed by atoms with Crippen LogP contribution in [0.2, 0.25) is 0 Å². The molecule has 3 rings (SSSR count). The molecule has 120 valence electrons. The van der Waals surface area contributed by atoms with Crippen molar-refractivity contribution in [3.8, 4) is 0 Å². The molecule has 4 unspecified atom stereocenters. The van der Waals surface area contributed by atoms with E-state index in [4.69, 9.17) is 5.11 Å². The van der Waals surface area contributed by atoms with Gasteiger partial charge in [-0.1, -0.05) is 6.42 Å². The number of nitrogens with one attached hydrogen (secondary N) is 1. The van der Waals surface area contributed by atoms with E-state index in [9.17, 15) is 13.2 Å². The second-order valence-electron chi connectivity index (χ2n) is 6.82. The summed E-state index contributed by atoms with van der Waals surface area (Å²) in [5.41, 5.74) is 0. The average molecular weight is 316 g/mol. The Hall–Kier alpha value is -0.660. The van der Waals surface area contributed by atoms with Crippen LogP contribution in [0.25, 0.3) is 0 Å². The molecule has 2 bridgehead atoms. The summed E-state index contributed by atoms with van der Waals surface area (Å²) >= 11 is 0. The molecule has 6 nitrogen and oxygen atoms in total. The maximum Gasteiger partial charge on any atom is 0.307 e. The zero-order valence-corrected chi connectivity index (χ0v) is 13.0. The van der Waals surface area contributed by atoms with Gasteiger partial charge in [0.25, 0.3) is 10.2 Å². The zero-order valence-electron chi connectivity index (χ0n) is 12.2. The number of carboxylic acid groups (broad SMARTS) is 1. The molecule has 0 aromatic rings. The first kappa shape index (κ1) is 15.2. The Balaban J connectivity index is 1.55. The monoisotopic (exact) mass is 316 g/mol. The van der Waals surface area contributed by atoms with Crippen molar-refractivity contribution in [2.45, 2.75) is 38.5 Å². The highest BCUT2D eigenvalue weighted by atomic mass is 32.2. The van der Waals surface area contributed by atoms with Crippen molar-refractivity contribution in [1.29, 1.82) is 0 Å². The Kier molecular flexibility index (Phi) is 4.25. The van der Waals surface area contributed by atoms with Crippen molar-refractivity contribution >= 4 is 16.2 Å². The van der Waals surface area contributed by atoms with E-state index < -0.39 is 22.1 Å². The van der Waals surface area contributed by atoms with Crippen molar-refractivity contribution in [3.63, 3.8) is 0 Å². The third-order valence-electron chi connectivity index (χ3n) is 5.49. The van der Waals surface area contributed by atoms with E-state index in [1.54, 1.807) is 0 Å². The van der Waals surface area contributed by atoms with Crippen LogP contribution >= 0.6 is 0 Å². The van der Waals surface area contributed by atoms with Crippen molar-refractivity contribution in [2.75, 3.05) is 19.6 Å². The van der Waals surface area contributed by atoms with Crippen LogP contribution < -0.4 is 4.72 Å². The number of hydrogen-bond donors (Lipinski definition) is 2. The van der Waals surface area contributed by atoms with Crippen LogP contribution in [-0.4, -0.2) is 43.4 Å². The van der Waals surface area contributed by atoms with E-state index in [0.29, 0.717) is 37.8 Å². The average Bonchev–Trinajstić information content (AvgIpc) is 3.08. The Morgan fingerprint density at radius 3 is 2.67 bits per heavy atom. The molecule has 3 fully saturated rings. The van der Waals surface area contributed by atoms with Crippen LogP contribution in [0, 0.1) is 23.7 Å². The van der Waals surface area contributed by atoms with Crippen molar-refractivity contribution in [2.24, 2.45) is 23.7 Å². The maximum atomic E-state index is 12.3. The fourth-order valence-electron chi connectivity index (χ4n) is 4.29. The molecule has 2 N–H and O–H groups in total. The van der Waals surface area contributed by atoms with Crippen molar-refractivity contribution in [1.82, 2.24) is 9.03 Å². The molecule has 3 aliphatic rings. The van der Waals surface area contributed by atoms with E-state index in [-0.39, 0.29) is 6.54 Å². The minimum Gasteiger partial charge on any atom is -0.481 e. The number of carbonyl (C=O) groups is 1. The quantitative estimate of drug-likeness (QED) is 0.794. The molecule has 7 heteroatoms. The van der Waals surface area contributed by atoms with Crippen LogP contribution in [0.5, 0.6) is 0 Å². The zero-order chi connectivity index (χ0) is 15.0. The Morgan fingerprint density at radius 1 is 1.24 bits per heavy atom. The van der Waals surface area contributed by atoms with Gasteiger partial charge in [0.1, 0.15) is 0 Å². The SMILES string of the molecule is O=C(O)C1CCCN(S(=O)(=O)NCC2CC3CCC2C3)C1. The topological polar surface area (TPSA) is 86.7 Å². The summed E-state index contributed by atoms with van der Waals surface area (Å²) in [5.74, 6) is 0.487. The first-order valence-corrected chi connectivity index (χ1v) is 9.37. The highest BCUT2D eigenvalue weighted by molar-refractivity contribution is 7.87. The number of fused-ring (bicyclic) bond motifs is 2. The number of rotatable bonds is 5. The van der Waals surface area contributed by atoms with Crippen LogP contribution in [0.1, 0.15) is 38.5 Å². The van der Waals surface area contributed by atoms with E-state index in [1.807, 2.05) is 0 Å². The minimum atomic E-state index is -3.53. The van der Waals surface area contributed by atoms with Gasteiger partial charge in [-0.25, -0.2) is 4.72 Å². The molecular weight excluding hydrogens is 292 g/mol. The fourth-order valence-corrected chi connectivity index (χ4v) is 5.65. The van der Waals surface area contributed by atoms with E-state index in [2.05, 4.69) is 4.72 Å². The molecule has 0 spiro atoms. The molecule has 21 heavy (non-hydrogen) atoms. The number of carboxylic acids is 1. The lowest BCUT2D eigenvalue weighted by Crippen LogP contribution is -2.48. The maximum absolute atomic E-state index is 12.3. The molecule has 1 heterocycles. The molecule has 2 saturated carbocycles. The highest BCUT2D eigenvalue weighted by Gasteiger charge is 2.40. The third kappa shape index (κ3) is 3.24. The molecule has 0 radical (unpaired) electrons. The number of piperidine rings is 1. The Morgan fingerprint density at radius 2 is 2.05 bits per heavy atom. The van der Waals surface area contributed by atoms with Crippen LogP contribution in [0.15, 0.2) is 0 Å². The number of hydrogen-bond acceptors (Lipinski definition) is 3. The summed E-state index contributed by atoms with van der Waals surface area (Å²) in [4.78, 5) is 11.0. The molecule has 4 atom stereocenters. The predicted molar refractivity (Wildman–Crippen MR) is 77.8 cm³/mol. The van der Waals surface area contributed by atoms with Gasteiger partial charge in [0.05, 0.1) is 5.92 Å². The molecule has 0 aromatic heterocycles. The van der Waals surface area contributed by atoms with Crippen molar-refractivity contribution < 1.29 is 18.3 Å². The van der Waals surface area contributed by atoms with Gasteiger partial charge < -0.3 is 5.11 Å². The van der Waals surface area contributed by atoms with Crippen LogP contribution in [0.3, 0.4) is 0 Å². The summed E-state index contributed by atoms with van der Waals surface area (Å²) in [7, 11) is -3.53. The van der Waals surface area contributed by atoms with Gasteiger partial charge in [-0.3, -0.25) is 4.79 Å². The summed E-state index contributed by atoms with van der Waals surface area (Å²) in [6, 6.07) is 0. The van der Waals surface area contributed by atoms with E-state index in [1.165, 1.54) is 23.6 Å². The predicted octanol–water partition coefficient (Wildman–Crippen LogP) is 1.05. The summed E-state index contributed by atoms with van der Waals surface area (Å²) in [6.07, 6.45) is 6.13. The molecule has 2 aliphatic carbocycles. The molecule has 1 saturated heterocycles. The van der Waals surface area contributed by atoms with Crippen LogP contribution in [0.4, 0.5) is 0 Å². The molecular formula is C14H24N2O4S. The van der Waals surface area contributed by atoms with Gasteiger partial charge in [-0.15, -0.1) is 0 Å². The Bertz CT molecular complexity index is 507. The molecule has 0 amide bonds. The Labute approximate surface area is 126 Å². The van der Waals surface area contributed by atoms with Gasteiger partial charge in [0, 0.05) is 19.6 Å². The lowest BCUT2D eigenvalue weighted by molar-refractivity contribution is -0.142. The minimum absolute atomic E-state index is 0.0986. The lowest BCUT2D eigenvalue weighted by Gasteiger charge is -2.31. The second kappa shape index (κ2) is 5.85. The standard InChI is InChI=1S/C14H24N2O4S/c17-14(18)12-2-1-5-16(9-12)21(19,20)15-8-13-7-10-3-4-11(13)6-10/h10-13,15H,1-9H2,(H,17,18). The summed E-state index contributed by atoms with van der Waals surface area (Å²) in [5, 5.41) is 9.05. The molecule has 1 aliphatic heterocycles. The van der Waals surface area contributed by atoms with Gasteiger partial charge in [-0.05, 0) is 49.9 Å². The van der Waals surface area contributed by atoms with Crippen LogP contribution in [-0.2, 0) is 15.0 Å². The van der Waals surface area contributed by atoms with Gasteiger partial charge in [0.2, 0.25) is 0 Å². The van der Waals surface area contributed by atoms with Gasteiger partial charge in [-0.2, -0.15) is 12.7 Å². The first-order chi connectivity index (χ1) is 9.95. The lowest BCUT2D eigenvalue weighted by atomic mass is 9.89. The summed E-state index contributed by atoms with van der Waals surface area (Å²) in [6.45, 7) is 1.04. The smallest absolute Gasteiger partial charge is 0.307 e.